The number of fused-ring (bicyclic) bond motifs is 2. The zero-order valence-corrected chi connectivity index (χ0v) is 11.6. The minimum Gasteiger partial charge on any atom is -0.504 e. The van der Waals surface area contributed by atoms with Gasteiger partial charge in [-0.2, -0.15) is 0 Å². The summed E-state index contributed by atoms with van der Waals surface area (Å²) < 4.78 is 0. The second-order valence-electron chi connectivity index (χ2n) is 6.44. The van der Waals surface area contributed by atoms with E-state index in [-0.39, 0.29) is 35.5 Å². The van der Waals surface area contributed by atoms with Gasteiger partial charge in [-0.05, 0) is 36.1 Å². The Morgan fingerprint density at radius 1 is 1.19 bits per heavy atom. The largest absolute Gasteiger partial charge is 0.504 e. The summed E-state index contributed by atoms with van der Waals surface area (Å²) in [5.74, 6) is -0.235. The molecule has 0 radical (unpaired) electrons. The second kappa shape index (κ2) is 4.00. The quantitative estimate of drug-likeness (QED) is 0.708. The fraction of sp³-hybridized carbons (Fsp3) is 0.500. The summed E-state index contributed by atoms with van der Waals surface area (Å²) in [6.45, 7) is 0.703. The first-order chi connectivity index (χ1) is 10.0. The molecule has 0 unspecified atom stereocenters. The Labute approximate surface area is 122 Å². The lowest BCUT2D eigenvalue weighted by Gasteiger charge is -2.38. The van der Waals surface area contributed by atoms with Crippen LogP contribution in [0.1, 0.15) is 42.7 Å². The molecule has 1 spiro atoms. The Morgan fingerprint density at radius 2 is 1.95 bits per heavy atom. The van der Waals surface area contributed by atoms with E-state index in [9.17, 15) is 19.8 Å². The van der Waals surface area contributed by atoms with Crippen molar-refractivity contribution in [1.29, 1.82) is 0 Å². The highest BCUT2D eigenvalue weighted by molar-refractivity contribution is 5.89. The molecular formula is C16H17NO4. The molecule has 2 atom stereocenters. The number of hydrogen-bond acceptors (Lipinski definition) is 4. The Kier molecular flexibility index (Phi) is 2.41. The van der Waals surface area contributed by atoms with Gasteiger partial charge in [0.2, 0.25) is 5.91 Å². The molecule has 5 nitrogen and oxygen atoms in total. The van der Waals surface area contributed by atoms with Crippen LogP contribution in [-0.2, 0) is 16.0 Å². The van der Waals surface area contributed by atoms with Crippen molar-refractivity contribution in [2.45, 2.75) is 43.6 Å². The van der Waals surface area contributed by atoms with E-state index in [0.29, 0.717) is 19.4 Å². The predicted molar refractivity (Wildman–Crippen MR) is 74.1 cm³/mol. The molecule has 0 bridgehead atoms. The molecule has 1 aliphatic carbocycles. The summed E-state index contributed by atoms with van der Waals surface area (Å²) in [6.07, 6.45) is 2.84. The minimum atomic E-state index is -0.400. The summed E-state index contributed by atoms with van der Waals surface area (Å²) in [6, 6.07) is 3.02. The van der Waals surface area contributed by atoms with Crippen LogP contribution in [0.5, 0.6) is 11.5 Å². The summed E-state index contributed by atoms with van der Waals surface area (Å²) in [5, 5.41) is 19.5. The zero-order chi connectivity index (χ0) is 14.8. The Bertz CT molecular complexity index is 668. The third-order valence-electron chi connectivity index (χ3n) is 5.37. The molecule has 110 valence electrons. The third kappa shape index (κ3) is 1.57. The number of ketones is 1. The highest BCUT2D eigenvalue weighted by Gasteiger charge is 2.56. The number of amides is 1. The SMILES string of the molecule is O=C1C[C@H]2c3cc(O)c(O)cc3CC(=O)N3CCC[C@]23C1. The van der Waals surface area contributed by atoms with Gasteiger partial charge < -0.3 is 15.1 Å². The zero-order valence-electron chi connectivity index (χ0n) is 11.6. The number of rotatable bonds is 0. The highest BCUT2D eigenvalue weighted by Crippen LogP contribution is 2.54. The first-order valence-electron chi connectivity index (χ1n) is 7.38. The van der Waals surface area contributed by atoms with Gasteiger partial charge >= 0.3 is 0 Å². The fourth-order valence-corrected chi connectivity index (χ4v) is 4.55. The smallest absolute Gasteiger partial charge is 0.227 e. The van der Waals surface area contributed by atoms with Gasteiger partial charge in [-0.1, -0.05) is 0 Å². The molecule has 1 saturated carbocycles. The van der Waals surface area contributed by atoms with Crippen LogP contribution in [0.15, 0.2) is 12.1 Å². The molecule has 2 fully saturated rings. The van der Waals surface area contributed by atoms with Crippen molar-refractivity contribution < 1.29 is 19.8 Å². The van der Waals surface area contributed by atoms with Crippen molar-refractivity contribution in [3.05, 3.63) is 23.3 Å². The number of aromatic hydroxyl groups is 2. The lowest BCUT2D eigenvalue weighted by Crippen LogP contribution is -2.48. The van der Waals surface area contributed by atoms with Crippen molar-refractivity contribution in [3.63, 3.8) is 0 Å². The molecule has 0 aromatic heterocycles. The van der Waals surface area contributed by atoms with Gasteiger partial charge in [0.25, 0.3) is 0 Å². The number of Topliss-reactive ketones (excluding diaryl/α,β-unsaturated/α-hetero) is 1. The molecule has 1 aromatic carbocycles. The first-order valence-corrected chi connectivity index (χ1v) is 7.38. The summed E-state index contributed by atoms with van der Waals surface area (Å²) in [4.78, 5) is 26.5. The van der Waals surface area contributed by atoms with Gasteiger partial charge in [0.15, 0.2) is 11.5 Å². The Hall–Kier alpha value is -2.04. The maximum Gasteiger partial charge on any atom is 0.227 e. The molecule has 3 aliphatic rings. The number of phenols is 2. The van der Waals surface area contributed by atoms with Crippen LogP contribution in [0.3, 0.4) is 0 Å². The second-order valence-corrected chi connectivity index (χ2v) is 6.44. The molecule has 21 heavy (non-hydrogen) atoms. The molecule has 4 rings (SSSR count). The van der Waals surface area contributed by atoms with Crippen molar-refractivity contribution in [1.82, 2.24) is 4.90 Å². The number of nitrogens with zero attached hydrogens (tertiary/aromatic N) is 1. The van der Waals surface area contributed by atoms with E-state index in [1.165, 1.54) is 6.07 Å². The molecule has 5 heteroatoms. The van der Waals surface area contributed by atoms with Crippen LogP contribution < -0.4 is 0 Å². The van der Waals surface area contributed by atoms with Gasteiger partial charge in [-0.3, -0.25) is 9.59 Å². The number of carbonyl (C=O) groups is 2. The van der Waals surface area contributed by atoms with Crippen LogP contribution in [0.25, 0.3) is 0 Å². The van der Waals surface area contributed by atoms with E-state index in [2.05, 4.69) is 0 Å². The average molecular weight is 287 g/mol. The monoisotopic (exact) mass is 287 g/mol. The maximum atomic E-state index is 12.6. The predicted octanol–water partition coefficient (Wildman–Crippen LogP) is 1.46. The first kappa shape index (κ1) is 12.7. The van der Waals surface area contributed by atoms with Gasteiger partial charge in [0.1, 0.15) is 5.78 Å². The topological polar surface area (TPSA) is 77.8 Å². The van der Waals surface area contributed by atoms with Crippen LogP contribution in [0.2, 0.25) is 0 Å². The fourth-order valence-electron chi connectivity index (χ4n) is 4.55. The van der Waals surface area contributed by atoms with Crippen LogP contribution >= 0.6 is 0 Å². The van der Waals surface area contributed by atoms with Gasteiger partial charge in [-0.25, -0.2) is 0 Å². The molecule has 1 saturated heterocycles. The maximum absolute atomic E-state index is 12.6. The molecule has 1 aromatic rings. The van der Waals surface area contributed by atoms with E-state index in [1.807, 2.05) is 4.90 Å². The molecule has 2 aliphatic heterocycles. The van der Waals surface area contributed by atoms with Gasteiger partial charge in [0, 0.05) is 25.3 Å². The van der Waals surface area contributed by atoms with Crippen molar-refractivity contribution in [2.75, 3.05) is 6.54 Å². The Balaban J connectivity index is 1.95. The van der Waals surface area contributed by atoms with Gasteiger partial charge in [-0.15, -0.1) is 0 Å². The lowest BCUT2D eigenvalue weighted by molar-refractivity contribution is -0.134. The molecule has 2 heterocycles. The van der Waals surface area contributed by atoms with Crippen LogP contribution in [0, 0.1) is 0 Å². The lowest BCUT2D eigenvalue weighted by atomic mass is 9.79. The number of hydrogen-bond donors (Lipinski definition) is 2. The minimum absolute atomic E-state index is 0.0241. The summed E-state index contributed by atoms with van der Waals surface area (Å²) >= 11 is 0. The van der Waals surface area contributed by atoms with Crippen molar-refractivity contribution >= 4 is 11.7 Å². The highest BCUT2D eigenvalue weighted by atomic mass is 16.3. The molecule has 2 N–H and O–H groups in total. The standard InChI is InChI=1S/C16H17NO4/c18-10-6-12-11-7-14(20)13(19)4-9(11)5-15(21)17-3-1-2-16(12,17)8-10/h4,7,12,19-20H,1-3,5-6,8H2/t12-,16-/m0/s1. The van der Waals surface area contributed by atoms with Crippen LogP contribution in [0.4, 0.5) is 0 Å². The van der Waals surface area contributed by atoms with Crippen molar-refractivity contribution in [3.8, 4) is 11.5 Å². The number of phenolic OH excluding ortho intramolecular Hbond substituents is 2. The summed E-state index contributed by atoms with van der Waals surface area (Å²) in [5.41, 5.74) is 1.20. The normalized spacial score (nSPS) is 30.9. The van der Waals surface area contributed by atoms with Crippen LogP contribution in [-0.4, -0.2) is 38.9 Å². The van der Waals surface area contributed by atoms with E-state index < -0.39 is 5.54 Å². The number of benzene rings is 1. The van der Waals surface area contributed by atoms with E-state index in [0.717, 1.165) is 24.0 Å². The summed E-state index contributed by atoms with van der Waals surface area (Å²) in [7, 11) is 0. The molecular weight excluding hydrogens is 270 g/mol. The van der Waals surface area contributed by atoms with E-state index in [4.69, 9.17) is 0 Å². The van der Waals surface area contributed by atoms with Crippen molar-refractivity contribution in [2.24, 2.45) is 0 Å². The van der Waals surface area contributed by atoms with E-state index in [1.54, 1.807) is 6.07 Å². The Morgan fingerprint density at radius 3 is 2.76 bits per heavy atom. The number of carbonyl (C=O) groups excluding carboxylic acids is 2. The average Bonchev–Trinajstić information content (AvgIpc) is 2.96. The third-order valence-corrected chi connectivity index (χ3v) is 5.37. The van der Waals surface area contributed by atoms with E-state index >= 15 is 0 Å². The van der Waals surface area contributed by atoms with Gasteiger partial charge in [0.05, 0.1) is 12.0 Å². The molecule has 1 amide bonds.